The minimum atomic E-state index is -0.881. The van der Waals surface area contributed by atoms with E-state index in [2.05, 4.69) is 0 Å². The molecule has 1 rings (SSSR count). The monoisotopic (exact) mass is 203 g/mol. The quantitative estimate of drug-likeness (QED) is 0.647. The maximum atomic E-state index is 10.8. The molecule has 0 bridgehead atoms. The van der Waals surface area contributed by atoms with E-state index >= 15 is 0 Å². The van der Waals surface area contributed by atoms with Crippen LogP contribution in [0.2, 0.25) is 0 Å². The van der Waals surface area contributed by atoms with E-state index in [4.69, 9.17) is 9.84 Å². The van der Waals surface area contributed by atoms with Crippen LogP contribution in [0.4, 0.5) is 0 Å². The van der Waals surface area contributed by atoms with Gasteiger partial charge in [-0.15, -0.1) is 0 Å². The SMILES string of the molecule is CCC(O)CN1CCOCC1C(=O)O. The molecule has 1 saturated heterocycles. The van der Waals surface area contributed by atoms with Gasteiger partial charge in [0, 0.05) is 13.1 Å². The average molecular weight is 203 g/mol. The smallest absolute Gasteiger partial charge is 0.323 e. The molecule has 2 N–H and O–H groups in total. The van der Waals surface area contributed by atoms with Crippen LogP contribution >= 0.6 is 0 Å². The third-order valence-electron chi connectivity index (χ3n) is 2.44. The number of aliphatic carboxylic acids is 1. The molecule has 1 heterocycles. The van der Waals surface area contributed by atoms with Crippen molar-refractivity contribution in [3.8, 4) is 0 Å². The number of aliphatic hydroxyl groups excluding tert-OH is 1. The van der Waals surface area contributed by atoms with Gasteiger partial charge in [0.25, 0.3) is 0 Å². The Morgan fingerprint density at radius 1 is 1.71 bits per heavy atom. The van der Waals surface area contributed by atoms with Gasteiger partial charge in [-0.25, -0.2) is 0 Å². The topological polar surface area (TPSA) is 70.0 Å². The summed E-state index contributed by atoms with van der Waals surface area (Å²) in [5.41, 5.74) is 0. The molecule has 2 unspecified atom stereocenters. The summed E-state index contributed by atoms with van der Waals surface area (Å²) in [6.07, 6.45) is 0.193. The van der Waals surface area contributed by atoms with Crippen molar-refractivity contribution in [1.29, 1.82) is 0 Å². The molecule has 5 nitrogen and oxygen atoms in total. The first-order valence-electron chi connectivity index (χ1n) is 4.87. The molecule has 0 amide bonds. The number of morpholine rings is 1. The highest BCUT2D eigenvalue weighted by molar-refractivity contribution is 5.73. The van der Waals surface area contributed by atoms with Gasteiger partial charge in [0.1, 0.15) is 6.04 Å². The van der Waals surface area contributed by atoms with Crippen molar-refractivity contribution in [3.63, 3.8) is 0 Å². The van der Waals surface area contributed by atoms with Crippen molar-refractivity contribution in [2.24, 2.45) is 0 Å². The zero-order valence-corrected chi connectivity index (χ0v) is 8.35. The van der Waals surface area contributed by atoms with E-state index in [9.17, 15) is 9.90 Å². The minimum Gasteiger partial charge on any atom is -0.480 e. The second-order valence-electron chi connectivity index (χ2n) is 3.49. The van der Waals surface area contributed by atoms with Crippen LogP contribution in [0.25, 0.3) is 0 Å². The van der Waals surface area contributed by atoms with Crippen molar-refractivity contribution >= 4 is 5.97 Å². The number of carboxylic acid groups (broad SMARTS) is 1. The summed E-state index contributed by atoms with van der Waals surface area (Å²) in [5.74, 6) is -0.881. The minimum absolute atomic E-state index is 0.214. The summed E-state index contributed by atoms with van der Waals surface area (Å²) >= 11 is 0. The van der Waals surface area contributed by atoms with E-state index < -0.39 is 18.1 Å². The Bertz CT molecular complexity index is 197. The first-order chi connectivity index (χ1) is 6.65. The maximum Gasteiger partial charge on any atom is 0.323 e. The van der Waals surface area contributed by atoms with Gasteiger partial charge in [-0.05, 0) is 6.42 Å². The highest BCUT2D eigenvalue weighted by Gasteiger charge is 2.29. The lowest BCUT2D eigenvalue weighted by molar-refractivity contribution is -0.150. The summed E-state index contributed by atoms with van der Waals surface area (Å²) in [6.45, 7) is 3.62. The van der Waals surface area contributed by atoms with Crippen LogP contribution in [0, 0.1) is 0 Å². The molecule has 0 aromatic heterocycles. The number of carboxylic acids is 1. The zero-order chi connectivity index (χ0) is 10.6. The fourth-order valence-electron chi connectivity index (χ4n) is 1.48. The van der Waals surface area contributed by atoms with Gasteiger partial charge in [0.2, 0.25) is 0 Å². The molecule has 0 spiro atoms. The first kappa shape index (κ1) is 11.4. The van der Waals surface area contributed by atoms with Crippen molar-refractivity contribution in [2.45, 2.75) is 25.5 Å². The Hall–Kier alpha value is -0.650. The van der Waals surface area contributed by atoms with Crippen molar-refractivity contribution < 1.29 is 19.7 Å². The molecule has 0 radical (unpaired) electrons. The van der Waals surface area contributed by atoms with Crippen LogP contribution in [0.15, 0.2) is 0 Å². The maximum absolute atomic E-state index is 10.8. The van der Waals surface area contributed by atoms with E-state index in [0.717, 1.165) is 0 Å². The Morgan fingerprint density at radius 3 is 3.00 bits per heavy atom. The third kappa shape index (κ3) is 2.94. The molecule has 0 aromatic rings. The van der Waals surface area contributed by atoms with E-state index in [1.165, 1.54) is 0 Å². The number of β-amino-alcohol motifs (C(OH)–C–C–N with tert-alkyl or cyclic N) is 1. The third-order valence-corrected chi connectivity index (χ3v) is 2.44. The van der Waals surface area contributed by atoms with E-state index in [1.807, 2.05) is 6.92 Å². The number of rotatable bonds is 4. The molecular weight excluding hydrogens is 186 g/mol. The zero-order valence-electron chi connectivity index (χ0n) is 8.35. The lowest BCUT2D eigenvalue weighted by atomic mass is 10.2. The van der Waals surface area contributed by atoms with Crippen LogP contribution in [0.5, 0.6) is 0 Å². The van der Waals surface area contributed by atoms with Gasteiger partial charge >= 0.3 is 5.97 Å². The van der Waals surface area contributed by atoms with Crippen LogP contribution in [-0.4, -0.2) is 59.5 Å². The van der Waals surface area contributed by atoms with Crippen molar-refractivity contribution in [2.75, 3.05) is 26.3 Å². The van der Waals surface area contributed by atoms with E-state index in [-0.39, 0.29) is 6.61 Å². The van der Waals surface area contributed by atoms with Crippen molar-refractivity contribution in [3.05, 3.63) is 0 Å². The van der Waals surface area contributed by atoms with E-state index in [1.54, 1.807) is 4.90 Å². The summed E-state index contributed by atoms with van der Waals surface area (Å²) in [4.78, 5) is 12.6. The molecule has 14 heavy (non-hydrogen) atoms. The molecule has 5 heteroatoms. The predicted octanol–water partition coefficient (Wildman–Crippen LogP) is -0.457. The molecule has 1 aliphatic heterocycles. The number of carbonyl (C=O) groups is 1. The fourth-order valence-corrected chi connectivity index (χ4v) is 1.48. The van der Waals surface area contributed by atoms with Gasteiger partial charge in [0.15, 0.2) is 0 Å². The normalized spacial score (nSPS) is 26.0. The number of ether oxygens (including phenoxy) is 1. The Labute approximate surface area is 83.3 Å². The lowest BCUT2D eigenvalue weighted by Gasteiger charge is -2.33. The summed E-state index contributed by atoms with van der Waals surface area (Å²) < 4.78 is 5.08. The Kier molecular flexibility index (Phi) is 4.31. The second-order valence-corrected chi connectivity index (χ2v) is 3.49. The second kappa shape index (κ2) is 5.29. The number of hydrogen-bond acceptors (Lipinski definition) is 4. The molecule has 1 aliphatic rings. The molecule has 1 fully saturated rings. The highest BCUT2D eigenvalue weighted by Crippen LogP contribution is 2.08. The van der Waals surface area contributed by atoms with E-state index in [0.29, 0.717) is 26.1 Å². The predicted molar refractivity (Wildman–Crippen MR) is 50.1 cm³/mol. The summed E-state index contributed by atoms with van der Waals surface area (Å²) in [6, 6.07) is -0.607. The summed E-state index contributed by atoms with van der Waals surface area (Å²) in [5, 5.41) is 18.3. The molecule has 0 aromatic carbocycles. The highest BCUT2D eigenvalue weighted by atomic mass is 16.5. The number of nitrogens with zero attached hydrogens (tertiary/aromatic N) is 1. The largest absolute Gasteiger partial charge is 0.480 e. The number of aliphatic hydroxyl groups is 1. The molecule has 0 aliphatic carbocycles. The first-order valence-corrected chi connectivity index (χ1v) is 4.87. The van der Waals surface area contributed by atoms with Gasteiger partial charge < -0.3 is 14.9 Å². The number of hydrogen-bond donors (Lipinski definition) is 2. The van der Waals surface area contributed by atoms with Crippen molar-refractivity contribution in [1.82, 2.24) is 4.90 Å². The van der Waals surface area contributed by atoms with Gasteiger partial charge in [-0.3, -0.25) is 9.69 Å². The fraction of sp³-hybridized carbons (Fsp3) is 0.889. The Balaban J connectivity index is 2.49. The van der Waals surface area contributed by atoms with Gasteiger partial charge in [0.05, 0.1) is 19.3 Å². The van der Waals surface area contributed by atoms with Crippen LogP contribution in [0.1, 0.15) is 13.3 Å². The molecule has 82 valence electrons. The summed E-state index contributed by atoms with van der Waals surface area (Å²) in [7, 11) is 0. The lowest BCUT2D eigenvalue weighted by Crippen LogP contribution is -2.52. The van der Waals surface area contributed by atoms with Crippen LogP contribution in [0.3, 0.4) is 0 Å². The van der Waals surface area contributed by atoms with Crippen LogP contribution < -0.4 is 0 Å². The molecule has 0 saturated carbocycles. The van der Waals surface area contributed by atoms with Gasteiger partial charge in [-0.2, -0.15) is 0 Å². The van der Waals surface area contributed by atoms with Gasteiger partial charge in [-0.1, -0.05) is 6.92 Å². The average Bonchev–Trinajstić information content (AvgIpc) is 2.18. The standard InChI is InChI=1S/C9H17NO4/c1-2-7(11)5-10-3-4-14-6-8(10)9(12)13/h7-8,11H,2-6H2,1H3,(H,12,13). The Morgan fingerprint density at radius 2 is 2.43 bits per heavy atom. The molecule has 2 atom stereocenters. The van der Waals surface area contributed by atoms with Crippen LogP contribution in [-0.2, 0) is 9.53 Å². The molecular formula is C9H17NO4.